The number of aryl methyl sites for hydroxylation is 1. The Hall–Kier alpha value is -2.94. The molecule has 6 N–H and O–H groups in total. The summed E-state index contributed by atoms with van der Waals surface area (Å²) in [5.41, 5.74) is 13.8. The van der Waals surface area contributed by atoms with E-state index in [0.29, 0.717) is 29.3 Å². The summed E-state index contributed by atoms with van der Waals surface area (Å²) in [6.45, 7) is 7.05. The summed E-state index contributed by atoms with van der Waals surface area (Å²) in [5, 5.41) is 6.66. The number of carbonyl (C=O) groups excluding carboxylic acids is 1. The molecule has 0 radical (unpaired) electrons. The zero-order chi connectivity index (χ0) is 22.5. The predicted molar refractivity (Wildman–Crippen MR) is 125 cm³/mol. The molecule has 0 aliphatic heterocycles. The van der Waals surface area contributed by atoms with Gasteiger partial charge in [0.25, 0.3) is 0 Å². The van der Waals surface area contributed by atoms with Crippen LogP contribution < -0.4 is 27.0 Å². The number of nitrogens with zero attached hydrogens (tertiary/aromatic N) is 4. The molecule has 2 atom stereocenters. The number of nitrogens with one attached hydrogen (secondary N) is 2. The van der Waals surface area contributed by atoms with Gasteiger partial charge in [-0.1, -0.05) is 32.8 Å². The Balaban J connectivity index is 1.92. The van der Waals surface area contributed by atoms with E-state index < -0.39 is 5.91 Å². The van der Waals surface area contributed by atoms with E-state index in [4.69, 9.17) is 11.5 Å². The van der Waals surface area contributed by atoms with Gasteiger partial charge in [-0.2, -0.15) is 15.0 Å². The van der Waals surface area contributed by atoms with Gasteiger partial charge in [-0.25, -0.2) is 0 Å². The average molecular weight is 427 g/mol. The molecule has 1 heterocycles. The van der Waals surface area contributed by atoms with Gasteiger partial charge in [0.2, 0.25) is 23.8 Å². The van der Waals surface area contributed by atoms with E-state index in [1.165, 1.54) is 0 Å². The molecule has 9 heteroatoms. The van der Waals surface area contributed by atoms with Crippen molar-refractivity contribution in [2.75, 3.05) is 29.1 Å². The molecule has 1 aromatic carbocycles. The Labute approximate surface area is 184 Å². The van der Waals surface area contributed by atoms with E-state index >= 15 is 0 Å². The molecule has 1 aliphatic carbocycles. The van der Waals surface area contributed by atoms with Crippen LogP contribution in [0.15, 0.2) is 18.2 Å². The number of primary amides is 1. The lowest BCUT2D eigenvalue weighted by Gasteiger charge is -2.29. The van der Waals surface area contributed by atoms with Crippen molar-refractivity contribution >= 4 is 29.4 Å². The number of aromatic nitrogens is 3. The minimum Gasteiger partial charge on any atom is -0.366 e. The number of benzene rings is 1. The van der Waals surface area contributed by atoms with Gasteiger partial charge in [-0.05, 0) is 43.4 Å². The predicted octanol–water partition coefficient (Wildman–Crippen LogP) is 2.80. The van der Waals surface area contributed by atoms with Gasteiger partial charge in [0.1, 0.15) is 0 Å². The van der Waals surface area contributed by atoms with Crippen molar-refractivity contribution in [2.45, 2.75) is 58.5 Å². The molecule has 31 heavy (non-hydrogen) atoms. The Bertz CT molecular complexity index is 916. The van der Waals surface area contributed by atoms with Crippen molar-refractivity contribution < 1.29 is 4.79 Å². The number of nitrogens with two attached hydrogens (primary N) is 2. The lowest BCUT2D eigenvalue weighted by molar-refractivity contribution is 0.100. The minimum atomic E-state index is -0.482. The lowest BCUT2D eigenvalue weighted by atomic mass is 9.91. The van der Waals surface area contributed by atoms with Crippen LogP contribution in [0.2, 0.25) is 0 Å². The molecule has 3 rings (SSSR count). The molecule has 2 aromatic rings. The standard InChI is InChI=1S/C22H34N8O/c1-13(2)12-30(4)22-28-20(25-17-8-6-5-7-16(17)23)27-21(29-22)26-18-11-15(19(24)31)10-9-14(18)3/h9-11,13,16-17H,5-8,12,23H2,1-4H3,(H2,24,31)(H2,25,26,27,28,29)/t16-,17-/m1/s1. The SMILES string of the molecule is Cc1ccc(C(N)=O)cc1Nc1nc(N[C@@H]2CCCC[C@H]2N)nc(N(C)CC(C)C)n1. The maximum Gasteiger partial charge on any atom is 0.248 e. The highest BCUT2D eigenvalue weighted by atomic mass is 16.1. The fraction of sp³-hybridized carbons (Fsp3) is 0.545. The first-order valence-electron chi connectivity index (χ1n) is 10.9. The van der Waals surface area contributed by atoms with Gasteiger partial charge in [0, 0.05) is 36.9 Å². The molecule has 168 valence electrons. The van der Waals surface area contributed by atoms with E-state index in [2.05, 4.69) is 39.4 Å². The van der Waals surface area contributed by atoms with Crippen LogP contribution in [-0.2, 0) is 0 Å². The van der Waals surface area contributed by atoms with E-state index in [1.54, 1.807) is 12.1 Å². The second kappa shape index (κ2) is 9.91. The fourth-order valence-electron chi connectivity index (χ4n) is 3.82. The van der Waals surface area contributed by atoms with Crippen molar-refractivity contribution in [2.24, 2.45) is 17.4 Å². The summed E-state index contributed by atoms with van der Waals surface area (Å²) in [4.78, 5) is 27.5. The highest BCUT2D eigenvalue weighted by Crippen LogP contribution is 2.24. The van der Waals surface area contributed by atoms with E-state index in [1.807, 2.05) is 24.9 Å². The summed E-state index contributed by atoms with van der Waals surface area (Å²) in [6.07, 6.45) is 4.28. The fourth-order valence-corrected chi connectivity index (χ4v) is 3.82. The van der Waals surface area contributed by atoms with Crippen molar-refractivity contribution in [3.05, 3.63) is 29.3 Å². The topological polar surface area (TPSA) is 135 Å². The van der Waals surface area contributed by atoms with Crippen molar-refractivity contribution in [3.8, 4) is 0 Å². The third-order valence-corrected chi connectivity index (χ3v) is 5.51. The first-order valence-corrected chi connectivity index (χ1v) is 10.9. The highest BCUT2D eigenvalue weighted by molar-refractivity contribution is 5.94. The maximum atomic E-state index is 11.6. The quantitative estimate of drug-likeness (QED) is 0.506. The third kappa shape index (κ3) is 6.04. The summed E-state index contributed by atoms with van der Waals surface area (Å²) in [5.74, 6) is 1.44. The molecule has 0 bridgehead atoms. The Morgan fingerprint density at radius 2 is 1.90 bits per heavy atom. The molecular weight excluding hydrogens is 392 g/mol. The Morgan fingerprint density at radius 1 is 1.19 bits per heavy atom. The highest BCUT2D eigenvalue weighted by Gasteiger charge is 2.23. The van der Waals surface area contributed by atoms with Gasteiger partial charge < -0.3 is 27.0 Å². The van der Waals surface area contributed by atoms with Crippen LogP contribution in [0.5, 0.6) is 0 Å². The van der Waals surface area contributed by atoms with Gasteiger partial charge >= 0.3 is 0 Å². The van der Waals surface area contributed by atoms with E-state index in [0.717, 1.165) is 43.5 Å². The van der Waals surface area contributed by atoms with Crippen LogP contribution in [0, 0.1) is 12.8 Å². The first kappa shape index (κ1) is 22.7. The smallest absolute Gasteiger partial charge is 0.248 e. The largest absolute Gasteiger partial charge is 0.366 e. The van der Waals surface area contributed by atoms with Crippen LogP contribution in [0.1, 0.15) is 55.5 Å². The van der Waals surface area contributed by atoms with Gasteiger partial charge in [-0.15, -0.1) is 0 Å². The van der Waals surface area contributed by atoms with Crippen molar-refractivity contribution in [1.82, 2.24) is 15.0 Å². The van der Waals surface area contributed by atoms with Gasteiger partial charge in [0.05, 0.1) is 0 Å². The number of rotatable bonds is 8. The normalized spacial score (nSPS) is 18.6. The van der Waals surface area contributed by atoms with E-state index in [9.17, 15) is 4.79 Å². The van der Waals surface area contributed by atoms with Crippen molar-refractivity contribution in [1.29, 1.82) is 0 Å². The Morgan fingerprint density at radius 3 is 2.58 bits per heavy atom. The zero-order valence-corrected chi connectivity index (χ0v) is 18.9. The second-order valence-electron chi connectivity index (χ2n) is 8.78. The van der Waals surface area contributed by atoms with Crippen LogP contribution in [0.3, 0.4) is 0 Å². The zero-order valence-electron chi connectivity index (χ0n) is 18.9. The molecule has 1 amide bonds. The van der Waals surface area contributed by atoms with Gasteiger partial charge in [0.15, 0.2) is 0 Å². The minimum absolute atomic E-state index is 0.0771. The van der Waals surface area contributed by atoms with Crippen LogP contribution >= 0.6 is 0 Å². The molecule has 9 nitrogen and oxygen atoms in total. The molecule has 0 saturated heterocycles. The van der Waals surface area contributed by atoms with Crippen molar-refractivity contribution in [3.63, 3.8) is 0 Å². The third-order valence-electron chi connectivity index (χ3n) is 5.51. The molecule has 0 spiro atoms. The lowest BCUT2D eigenvalue weighted by Crippen LogP contribution is -2.43. The Kier molecular flexibility index (Phi) is 7.27. The molecule has 1 fully saturated rings. The second-order valence-corrected chi connectivity index (χ2v) is 8.78. The maximum absolute atomic E-state index is 11.6. The summed E-state index contributed by atoms with van der Waals surface area (Å²) in [7, 11) is 1.97. The molecule has 0 unspecified atom stereocenters. The number of hydrogen-bond acceptors (Lipinski definition) is 8. The van der Waals surface area contributed by atoms with Crippen LogP contribution in [0.25, 0.3) is 0 Å². The summed E-state index contributed by atoms with van der Waals surface area (Å²) < 4.78 is 0. The number of anilines is 4. The number of amides is 1. The summed E-state index contributed by atoms with van der Waals surface area (Å²) >= 11 is 0. The molecular formula is C22H34N8O. The number of carbonyl (C=O) groups is 1. The molecule has 1 aliphatic rings. The van der Waals surface area contributed by atoms with Gasteiger partial charge in [-0.3, -0.25) is 4.79 Å². The summed E-state index contributed by atoms with van der Waals surface area (Å²) in [6, 6.07) is 5.47. The van der Waals surface area contributed by atoms with E-state index in [-0.39, 0.29) is 12.1 Å². The van der Waals surface area contributed by atoms with Crippen LogP contribution in [0.4, 0.5) is 23.5 Å². The molecule has 1 aromatic heterocycles. The number of hydrogen-bond donors (Lipinski definition) is 4. The molecule has 1 saturated carbocycles. The average Bonchev–Trinajstić information content (AvgIpc) is 2.70. The first-order chi connectivity index (χ1) is 14.7. The monoisotopic (exact) mass is 426 g/mol. The van der Waals surface area contributed by atoms with Crippen LogP contribution in [-0.4, -0.2) is 46.5 Å².